The number of hydrogen-bond acceptors (Lipinski definition) is 6. The van der Waals surface area contributed by atoms with Crippen LogP contribution < -0.4 is 5.32 Å². The lowest BCUT2D eigenvalue weighted by Gasteiger charge is -2.13. The number of nitrogens with zero attached hydrogens (tertiary/aromatic N) is 6. The van der Waals surface area contributed by atoms with E-state index in [1.165, 1.54) is 5.56 Å². The van der Waals surface area contributed by atoms with Gasteiger partial charge in [-0.1, -0.05) is 48.5 Å². The van der Waals surface area contributed by atoms with E-state index in [2.05, 4.69) is 98.2 Å². The Morgan fingerprint density at radius 3 is 2.73 bits per heavy atom. The molecule has 2 aromatic heterocycles. The normalized spacial score (nSPS) is 14.4. The van der Waals surface area contributed by atoms with E-state index in [4.69, 9.17) is 0 Å². The molecule has 6 aromatic rings. The molecule has 1 aliphatic heterocycles. The van der Waals surface area contributed by atoms with Crippen LogP contribution in [0.4, 0.5) is 17.2 Å². The third-order valence-electron chi connectivity index (χ3n) is 6.87. The zero-order valence-corrected chi connectivity index (χ0v) is 20.2. The van der Waals surface area contributed by atoms with Crippen LogP contribution in [0.3, 0.4) is 0 Å². The molecule has 178 valence electrons. The first-order valence-corrected chi connectivity index (χ1v) is 12.3. The highest BCUT2D eigenvalue weighted by atomic mass is 15.3. The van der Waals surface area contributed by atoms with Gasteiger partial charge in [-0.3, -0.25) is 4.68 Å². The Morgan fingerprint density at radius 1 is 0.892 bits per heavy atom. The summed E-state index contributed by atoms with van der Waals surface area (Å²) in [6, 6.07) is 29.2. The monoisotopic (exact) mass is 481 g/mol. The summed E-state index contributed by atoms with van der Waals surface area (Å²) in [7, 11) is 0. The minimum atomic E-state index is 0.0426. The van der Waals surface area contributed by atoms with Gasteiger partial charge in [0, 0.05) is 22.0 Å². The van der Waals surface area contributed by atoms with E-state index in [1.54, 1.807) is 6.33 Å². The first-order valence-electron chi connectivity index (χ1n) is 12.3. The van der Waals surface area contributed by atoms with Crippen LogP contribution in [0.5, 0.6) is 0 Å². The van der Waals surface area contributed by atoms with Crippen molar-refractivity contribution in [3.05, 3.63) is 109 Å². The fraction of sp³-hybridized carbons (Fsp3) is 0.100. The topological polar surface area (TPSA) is 80.3 Å². The van der Waals surface area contributed by atoms with Crippen molar-refractivity contribution in [3.63, 3.8) is 0 Å². The quantitative estimate of drug-likeness (QED) is 0.275. The third kappa shape index (κ3) is 3.81. The average molecular weight is 482 g/mol. The van der Waals surface area contributed by atoms with E-state index in [0.717, 1.165) is 62.2 Å². The molecule has 7 rings (SSSR count). The molecule has 0 spiro atoms. The molecule has 37 heavy (non-hydrogen) atoms. The maximum atomic E-state index is 4.62. The van der Waals surface area contributed by atoms with Gasteiger partial charge in [-0.2, -0.15) is 15.3 Å². The molecule has 7 nitrogen and oxygen atoms in total. The van der Waals surface area contributed by atoms with Crippen LogP contribution in [0.1, 0.15) is 24.1 Å². The molecule has 0 saturated carbocycles. The van der Waals surface area contributed by atoms with Crippen LogP contribution in [0, 0.1) is 0 Å². The molecule has 0 bridgehead atoms. The standard InChI is InChI=1S/C30H23N7/c1-19-29-24(8-5-9-27(29)36-35-19)21-10-12-26-25(15-21)30(32-18-31-26)34-23-11-13-28-22(14-23)16-33-37(28)17-20-6-3-2-4-7-20/h2-16,18-19H,17H2,1H3,(H,31,32,34). The van der Waals surface area contributed by atoms with Gasteiger partial charge in [0.2, 0.25) is 0 Å². The Balaban J connectivity index is 1.23. The lowest BCUT2D eigenvalue weighted by molar-refractivity contribution is 0.712. The van der Waals surface area contributed by atoms with Crippen LogP contribution in [0.2, 0.25) is 0 Å². The Morgan fingerprint density at radius 2 is 1.81 bits per heavy atom. The van der Waals surface area contributed by atoms with E-state index < -0.39 is 0 Å². The van der Waals surface area contributed by atoms with Crippen molar-refractivity contribution in [2.75, 3.05) is 5.32 Å². The van der Waals surface area contributed by atoms with E-state index in [1.807, 2.05) is 35.1 Å². The fourth-order valence-corrected chi connectivity index (χ4v) is 5.05. The van der Waals surface area contributed by atoms with E-state index in [-0.39, 0.29) is 6.04 Å². The lowest BCUT2D eigenvalue weighted by Crippen LogP contribution is -2.01. The highest BCUT2D eigenvalue weighted by Crippen LogP contribution is 2.42. The van der Waals surface area contributed by atoms with Gasteiger partial charge in [-0.05, 0) is 60.0 Å². The lowest BCUT2D eigenvalue weighted by atomic mass is 9.94. The van der Waals surface area contributed by atoms with Crippen LogP contribution in [0.25, 0.3) is 32.9 Å². The number of benzene rings is 4. The summed E-state index contributed by atoms with van der Waals surface area (Å²) in [6.45, 7) is 2.81. The van der Waals surface area contributed by atoms with Gasteiger partial charge >= 0.3 is 0 Å². The van der Waals surface area contributed by atoms with Gasteiger partial charge in [-0.15, -0.1) is 0 Å². The third-order valence-corrected chi connectivity index (χ3v) is 6.87. The number of azo groups is 1. The van der Waals surface area contributed by atoms with Crippen LogP contribution in [-0.2, 0) is 6.54 Å². The van der Waals surface area contributed by atoms with Crippen molar-refractivity contribution in [1.29, 1.82) is 0 Å². The highest BCUT2D eigenvalue weighted by Gasteiger charge is 2.21. The molecule has 1 aliphatic rings. The number of anilines is 2. The Labute approximate surface area is 213 Å². The maximum absolute atomic E-state index is 4.62. The molecule has 0 radical (unpaired) electrons. The van der Waals surface area contributed by atoms with Crippen LogP contribution in [0.15, 0.2) is 108 Å². The second-order valence-corrected chi connectivity index (χ2v) is 9.27. The van der Waals surface area contributed by atoms with Gasteiger partial charge in [0.25, 0.3) is 0 Å². The Kier molecular flexibility index (Phi) is 4.99. The summed E-state index contributed by atoms with van der Waals surface area (Å²) in [6.07, 6.45) is 3.51. The van der Waals surface area contributed by atoms with Gasteiger partial charge in [0.1, 0.15) is 12.1 Å². The molecule has 7 heteroatoms. The van der Waals surface area contributed by atoms with Crippen LogP contribution >= 0.6 is 0 Å². The maximum Gasteiger partial charge on any atom is 0.141 e. The first-order chi connectivity index (χ1) is 18.2. The molecule has 1 N–H and O–H groups in total. The van der Waals surface area contributed by atoms with Gasteiger partial charge < -0.3 is 5.32 Å². The Hall–Kier alpha value is -4.91. The molecule has 0 amide bonds. The van der Waals surface area contributed by atoms with Gasteiger partial charge in [-0.25, -0.2) is 9.97 Å². The summed E-state index contributed by atoms with van der Waals surface area (Å²) in [5.41, 5.74) is 8.47. The molecule has 4 aromatic carbocycles. The number of rotatable bonds is 5. The van der Waals surface area contributed by atoms with Crippen molar-refractivity contribution in [1.82, 2.24) is 19.7 Å². The molecule has 1 unspecified atom stereocenters. The van der Waals surface area contributed by atoms with E-state index >= 15 is 0 Å². The van der Waals surface area contributed by atoms with Crippen molar-refractivity contribution in [3.8, 4) is 11.1 Å². The molecular formula is C30H23N7. The minimum absolute atomic E-state index is 0.0426. The summed E-state index contributed by atoms with van der Waals surface area (Å²) in [4.78, 5) is 9.08. The van der Waals surface area contributed by atoms with Crippen LogP contribution in [-0.4, -0.2) is 19.7 Å². The molecule has 3 heterocycles. The first kappa shape index (κ1) is 21.4. The second kappa shape index (κ2) is 8.64. The number of hydrogen-bond donors (Lipinski definition) is 1. The van der Waals surface area contributed by atoms with Gasteiger partial charge in [0.15, 0.2) is 0 Å². The summed E-state index contributed by atoms with van der Waals surface area (Å²) in [5.74, 6) is 0.762. The number of aromatic nitrogens is 4. The fourth-order valence-electron chi connectivity index (χ4n) is 5.05. The smallest absolute Gasteiger partial charge is 0.141 e. The number of nitrogens with one attached hydrogen (secondary N) is 1. The number of fused-ring (bicyclic) bond motifs is 3. The summed E-state index contributed by atoms with van der Waals surface area (Å²) < 4.78 is 2.03. The van der Waals surface area contributed by atoms with Gasteiger partial charge in [0.05, 0.1) is 35.5 Å². The molecule has 0 fully saturated rings. The van der Waals surface area contributed by atoms with Crippen molar-refractivity contribution >= 4 is 39.0 Å². The molecular weight excluding hydrogens is 458 g/mol. The summed E-state index contributed by atoms with van der Waals surface area (Å²) >= 11 is 0. The van der Waals surface area contributed by atoms with E-state index in [9.17, 15) is 0 Å². The summed E-state index contributed by atoms with van der Waals surface area (Å²) in [5, 5.41) is 18.8. The highest BCUT2D eigenvalue weighted by molar-refractivity contribution is 5.95. The van der Waals surface area contributed by atoms with E-state index in [0.29, 0.717) is 0 Å². The average Bonchev–Trinajstić information content (AvgIpc) is 3.52. The zero-order valence-electron chi connectivity index (χ0n) is 20.2. The minimum Gasteiger partial charge on any atom is -0.340 e. The van der Waals surface area contributed by atoms with Crippen molar-refractivity contribution < 1.29 is 0 Å². The molecule has 0 aliphatic carbocycles. The predicted molar refractivity (Wildman–Crippen MR) is 146 cm³/mol. The molecule has 0 saturated heterocycles. The zero-order chi connectivity index (χ0) is 24.8. The second-order valence-electron chi connectivity index (χ2n) is 9.27. The largest absolute Gasteiger partial charge is 0.340 e. The van der Waals surface area contributed by atoms with Crippen molar-refractivity contribution in [2.24, 2.45) is 10.2 Å². The predicted octanol–water partition coefficient (Wildman–Crippen LogP) is 7.60. The van der Waals surface area contributed by atoms with Crippen molar-refractivity contribution in [2.45, 2.75) is 19.5 Å². The Bertz CT molecular complexity index is 1800. The SMILES string of the molecule is CC1N=Nc2cccc(-c3ccc4ncnc(Nc5ccc6c(cnn6Cc6ccccc6)c5)c4c3)c21. The molecule has 1 atom stereocenters.